The summed E-state index contributed by atoms with van der Waals surface area (Å²) < 4.78 is 5.75. The van der Waals surface area contributed by atoms with Gasteiger partial charge in [-0.05, 0) is 44.0 Å². The minimum atomic E-state index is 0.322. The van der Waals surface area contributed by atoms with E-state index >= 15 is 0 Å². The highest BCUT2D eigenvalue weighted by Gasteiger charge is 2.10. The van der Waals surface area contributed by atoms with E-state index in [1.165, 1.54) is 0 Å². The van der Waals surface area contributed by atoms with Crippen LogP contribution in [0.4, 0.5) is 0 Å². The molecule has 0 amide bonds. The minimum Gasteiger partial charge on any atom is -0.424 e. The minimum absolute atomic E-state index is 0.322. The smallest absolute Gasteiger partial charge is 0.322 e. The van der Waals surface area contributed by atoms with E-state index in [1.54, 1.807) is 6.20 Å². The zero-order valence-corrected chi connectivity index (χ0v) is 12.0. The third-order valence-corrected chi connectivity index (χ3v) is 3.12. The number of benzene rings is 1. The van der Waals surface area contributed by atoms with E-state index in [0.29, 0.717) is 17.6 Å². The fourth-order valence-electron chi connectivity index (χ4n) is 1.87. The van der Waals surface area contributed by atoms with Gasteiger partial charge in [0.05, 0.1) is 0 Å². The first kappa shape index (κ1) is 13.8. The molecule has 1 heterocycles. The molecule has 0 radical (unpaired) electrons. The number of halogens is 1. The van der Waals surface area contributed by atoms with E-state index in [9.17, 15) is 0 Å². The Morgan fingerprint density at radius 1 is 1.21 bits per heavy atom. The van der Waals surface area contributed by atoms with Gasteiger partial charge in [-0.3, -0.25) is 0 Å². The summed E-state index contributed by atoms with van der Waals surface area (Å²) >= 11 is 5.99. The lowest BCUT2D eigenvalue weighted by molar-refractivity contribution is 0.433. The van der Waals surface area contributed by atoms with Crippen molar-refractivity contribution in [2.75, 3.05) is 0 Å². The lowest BCUT2D eigenvalue weighted by Crippen LogP contribution is -2.04. The molecule has 19 heavy (non-hydrogen) atoms. The Hall–Kier alpha value is -1.65. The summed E-state index contributed by atoms with van der Waals surface area (Å²) in [6, 6.07) is 4.03. The third-order valence-electron chi connectivity index (χ3n) is 2.90. The highest BCUT2D eigenvalue weighted by molar-refractivity contribution is 6.30. The molecule has 100 valence electrons. The van der Waals surface area contributed by atoms with Crippen LogP contribution in [0.15, 0.2) is 18.3 Å². The van der Waals surface area contributed by atoms with Crippen LogP contribution in [0.2, 0.25) is 5.02 Å². The van der Waals surface area contributed by atoms with Crippen LogP contribution in [0.5, 0.6) is 11.8 Å². The molecular weight excluding hydrogens is 262 g/mol. The highest BCUT2D eigenvalue weighted by Crippen LogP contribution is 2.30. The molecule has 0 aliphatic rings. The molecule has 0 spiro atoms. The van der Waals surface area contributed by atoms with Crippen LogP contribution in [0.3, 0.4) is 0 Å². The van der Waals surface area contributed by atoms with Crippen LogP contribution in [0.25, 0.3) is 0 Å². The zero-order valence-electron chi connectivity index (χ0n) is 11.2. The predicted molar refractivity (Wildman–Crippen MR) is 75.7 cm³/mol. The van der Waals surface area contributed by atoms with Crippen molar-refractivity contribution in [1.82, 2.24) is 9.97 Å². The molecule has 1 aromatic carbocycles. The Bertz CT molecular complexity index is 591. The van der Waals surface area contributed by atoms with Crippen molar-refractivity contribution in [3.63, 3.8) is 0 Å². The van der Waals surface area contributed by atoms with Gasteiger partial charge in [0.25, 0.3) is 0 Å². The van der Waals surface area contributed by atoms with Crippen molar-refractivity contribution in [2.24, 2.45) is 5.73 Å². The molecule has 0 aliphatic carbocycles. The number of nitrogens with two attached hydrogens (primary N) is 1. The van der Waals surface area contributed by atoms with Gasteiger partial charge < -0.3 is 10.5 Å². The van der Waals surface area contributed by atoms with Crippen molar-refractivity contribution in [1.29, 1.82) is 0 Å². The van der Waals surface area contributed by atoms with Crippen LogP contribution in [0, 0.1) is 20.8 Å². The summed E-state index contributed by atoms with van der Waals surface area (Å²) in [5.41, 5.74) is 9.23. The van der Waals surface area contributed by atoms with Gasteiger partial charge in [0.15, 0.2) is 0 Å². The van der Waals surface area contributed by atoms with Gasteiger partial charge in [0.2, 0.25) is 0 Å². The maximum atomic E-state index is 5.99. The first-order chi connectivity index (χ1) is 9.01. The second-order valence-electron chi connectivity index (χ2n) is 4.44. The lowest BCUT2D eigenvalue weighted by atomic mass is 10.1. The summed E-state index contributed by atoms with van der Waals surface area (Å²) in [5.74, 6) is 0.740. The summed E-state index contributed by atoms with van der Waals surface area (Å²) in [6.07, 6.45) is 1.69. The Morgan fingerprint density at radius 3 is 2.37 bits per heavy atom. The molecule has 1 aromatic heterocycles. The van der Waals surface area contributed by atoms with Gasteiger partial charge >= 0.3 is 6.01 Å². The first-order valence-electron chi connectivity index (χ1n) is 5.98. The largest absolute Gasteiger partial charge is 0.424 e. The van der Waals surface area contributed by atoms with Crippen LogP contribution in [-0.4, -0.2) is 9.97 Å². The number of nitrogens with zero attached hydrogens (tertiary/aromatic N) is 2. The molecule has 4 nitrogen and oxygen atoms in total. The number of hydrogen-bond acceptors (Lipinski definition) is 4. The molecule has 0 aliphatic heterocycles. The predicted octanol–water partition coefficient (Wildman–Crippen LogP) is 3.31. The van der Waals surface area contributed by atoms with Crippen molar-refractivity contribution in [2.45, 2.75) is 27.3 Å². The van der Waals surface area contributed by atoms with Crippen molar-refractivity contribution in [3.05, 3.63) is 45.7 Å². The lowest BCUT2D eigenvalue weighted by Gasteiger charge is -2.11. The van der Waals surface area contributed by atoms with Crippen LogP contribution in [0.1, 0.15) is 22.4 Å². The number of ether oxygens (including phenoxy) is 1. The first-order valence-corrected chi connectivity index (χ1v) is 6.36. The molecule has 0 fully saturated rings. The quantitative estimate of drug-likeness (QED) is 0.935. The average Bonchev–Trinajstić information content (AvgIpc) is 2.34. The van der Waals surface area contributed by atoms with Crippen molar-refractivity contribution >= 4 is 11.6 Å². The SMILES string of the molecule is Cc1cc(Cl)cc(C)c1Oc1ncc(CN)c(C)n1. The fourth-order valence-corrected chi connectivity index (χ4v) is 2.20. The molecule has 0 unspecified atom stereocenters. The van der Waals surface area contributed by atoms with E-state index in [0.717, 1.165) is 28.1 Å². The van der Waals surface area contributed by atoms with Gasteiger partial charge in [0.1, 0.15) is 5.75 Å². The summed E-state index contributed by atoms with van der Waals surface area (Å²) in [7, 11) is 0. The summed E-state index contributed by atoms with van der Waals surface area (Å²) in [5, 5.41) is 0.693. The van der Waals surface area contributed by atoms with Crippen molar-refractivity contribution in [3.8, 4) is 11.8 Å². The number of rotatable bonds is 3. The fraction of sp³-hybridized carbons (Fsp3) is 0.286. The normalized spacial score (nSPS) is 10.6. The Balaban J connectivity index is 2.34. The molecule has 2 rings (SSSR count). The molecule has 0 atom stereocenters. The number of aromatic nitrogens is 2. The standard InChI is InChI=1S/C14H16ClN3O/c1-8-4-12(15)5-9(2)13(8)19-14-17-7-11(6-16)10(3)18-14/h4-5,7H,6,16H2,1-3H3. The molecule has 0 saturated carbocycles. The van der Waals surface area contributed by atoms with Crippen LogP contribution >= 0.6 is 11.6 Å². The summed E-state index contributed by atoms with van der Waals surface area (Å²) in [6.45, 7) is 6.19. The summed E-state index contributed by atoms with van der Waals surface area (Å²) in [4.78, 5) is 8.46. The molecule has 0 bridgehead atoms. The third kappa shape index (κ3) is 3.03. The second kappa shape index (κ2) is 5.55. The molecular formula is C14H16ClN3O. The Kier molecular flexibility index (Phi) is 4.02. The Labute approximate surface area is 117 Å². The molecule has 2 aromatic rings. The monoisotopic (exact) mass is 277 g/mol. The van der Waals surface area contributed by atoms with Gasteiger partial charge in [-0.2, -0.15) is 4.98 Å². The number of hydrogen-bond donors (Lipinski definition) is 1. The van der Waals surface area contributed by atoms with Crippen LogP contribution in [-0.2, 0) is 6.54 Å². The van der Waals surface area contributed by atoms with Crippen molar-refractivity contribution < 1.29 is 4.74 Å². The highest BCUT2D eigenvalue weighted by atomic mass is 35.5. The second-order valence-corrected chi connectivity index (χ2v) is 4.87. The maximum Gasteiger partial charge on any atom is 0.322 e. The Morgan fingerprint density at radius 2 is 1.84 bits per heavy atom. The average molecular weight is 278 g/mol. The van der Waals surface area contributed by atoms with E-state index in [-0.39, 0.29) is 0 Å². The van der Waals surface area contributed by atoms with Gasteiger partial charge in [-0.1, -0.05) is 11.6 Å². The van der Waals surface area contributed by atoms with Crippen LogP contribution < -0.4 is 10.5 Å². The van der Waals surface area contributed by atoms with Gasteiger partial charge in [-0.25, -0.2) is 4.98 Å². The van der Waals surface area contributed by atoms with E-state index in [2.05, 4.69) is 9.97 Å². The van der Waals surface area contributed by atoms with E-state index in [1.807, 2.05) is 32.9 Å². The number of aryl methyl sites for hydroxylation is 3. The molecule has 5 heteroatoms. The zero-order chi connectivity index (χ0) is 14.0. The van der Waals surface area contributed by atoms with E-state index in [4.69, 9.17) is 22.1 Å². The molecule has 2 N–H and O–H groups in total. The topological polar surface area (TPSA) is 61.0 Å². The van der Waals surface area contributed by atoms with Gasteiger partial charge in [-0.15, -0.1) is 0 Å². The van der Waals surface area contributed by atoms with E-state index < -0.39 is 0 Å². The van der Waals surface area contributed by atoms with Gasteiger partial charge in [0, 0.05) is 29.0 Å². The maximum absolute atomic E-state index is 5.99. The molecule has 0 saturated heterocycles.